The average Bonchev–Trinajstić information content (AvgIpc) is 3.30. The molecule has 0 radical (unpaired) electrons. The topological polar surface area (TPSA) is 76.5 Å². The number of aryl methyl sites for hydroxylation is 1. The van der Waals surface area contributed by atoms with Gasteiger partial charge in [-0.3, -0.25) is 14.5 Å². The van der Waals surface area contributed by atoms with Gasteiger partial charge in [0.25, 0.3) is 0 Å². The van der Waals surface area contributed by atoms with Crippen molar-refractivity contribution in [3.05, 3.63) is 101 Å². The van der Waals surface area contributed by atoms with Gasteiger partial charge in [-0.2, -0.15) is 5.10 Å². The summed E-state index contributed by atoms with van der Waals surface area (Å²) in [5.41, 5.74) is 4.83. The molecule has 10 heteroatoms. The third kappa shape index (κ3) is 5.96. The van der Waals surface area contributed by atoms with Crippen LogP contribution in [-0.4, -0.2) is 54.2 Å². The van der Waals surface area contributed by atoms with Crippen LogP contribution in [0.3, 0.4) is 0 Å². The third-order valence-electron chi connectivity index (χ3n) is 7.33. The lowest BCUT2D eigenvalue weighted by atomic mass is 9.99. The molecule has 0 aliphatic carbocycles. The van der Waals surface area contributed by atoms with E-state index in [1.807, 2.05) is 62.4 Å². The number of methoxy groups -OCH3 is 1. The number of aromatic nitrogens is 2. The second-order valence-electron chi connectivity index (χ2n) is 10.1. The predicted octanol–water partition coefficient (Wildman–Crippen LogP) is 5.76. The molecular formula is C32H32F2N4O3S. The van der Waals surface area contributed by atoms with Crippen LogP contribution in [0.1, 0.15) is 33.9 Å². The first-order chi connectivity index (χ1) is 20.3. The van der Waals surface area contributed by atoms with Crippen molar-refractivity contribution in [3.8, 4) is 16.9 Å². The van der Waals surface area contributed by atoms with E-state index in [9.17, 15) is 14.0 Å². The van der Waals surface area contributed by atoms with Crippen LogP contribution >= 0.6 is 11.8 Å². The molecule has 5 rings (SSSR count). The molecule has 1 aliphatic heterocycles. The first kappa shape index (κ1) is 29.5. The summed E-state index contributed by atoms with van der Waals surface area (Å²) in [6, 6.07) is 18.7. The van der Waals surface area contributed by atoms with E-state index in [2.05, 4.69) is 5.32 Å². The fourth-order valence-electron chi connectivity index (χ4n) is 5.06. The normalized spacial score (nSPS) is 14.9. The molecule has 7 nitrogen and oxygen atoms in total. The summed E-state index contributed by atoms with van der Waals surface area (Å²) in [5, 5.41) is 7.20. The number of rotatable bonds is 9. The van der Waals surface area contributed by atoms with E-state index in [1.165, 1.54) is 28.8 Å². The number of thioether (sulfide) groups is 1. The second kappa shape index (κ2) is 12.9. The van der Waals surface area contributed by atoms with Gasteiger partial charge in [0.1, 0.15) is 24.0 Å². The maximum atomic E-state index is 15.4. The Balaban J connectivity index is 1.76. The number of hydrogen-bond donors (Lipinski definition) is 1. The van der Waals surface area contributed by atoms with Crippen molar-refractivity contribution in [3.63, 3.8) is 0 Å². The SMILES string of the molecule is COCCCNC(=O)CN1C(=O)CSC(c2ccc(F)cc2F)c2c(-c3ccccc3)nn(-c3cccc(C)c3C)c21. The summed E-state index contributed by atoms with van der Waals surface area (Å²) in [5.74, 6) is -1.69. The van der Waals surface area contributed by atoms with E-state index in [0.29, 0.717) is 36.6 Å². The second-order valence-corrected chi connectivity index (χ2v) is 11.2. The van der Waals surface area contributed by atoms with Crippen molar-refractivity contribution in [1.29, 1.82) is 0 Å². The van der Waals surface area contributed by atoms with Gasteiger partial charge in [-0.15, -0.1) is 11.8 Å². The smallest absolute Gasteiger partial charge is 0.240 e. The Labute approximate surface area is 247 Å². The molecule has 1 N–H and O–H groups in total. The summed E-state index contributed by atoms with van der Waals surface area (Å²) >= 11 is 1.23. The van der Waals surface area contributed by atoms with Crippen molar-refractivity contribution in [2.45, 2.75) is 25.5 Å². The Morgan fingerprint density at radius 3 is 2.62 bits per heavy atom. The minimum absolute atomic E-state index is 0.0197. The van der Waals surface area contributed by atoms with Crippen molar-refractivity contribution in [1.82, 2.24) is 15.1 Å². The Morgan fingerprint density at radius 2 is 1.88 bits per heavy atom. The molecule has 42 heavy (non-hydrogen) atoms. The molecule has 1 aliphatic rings. The zero-order chi connectivity index (χ0) is 29.8. The number of benzene rings is 3. The summed E-state index contributed by atoms with van der Waals surface area (Å²) in [6.07, 6.45) is 0.627. The molecule has 0 saturated carbocycles. The van der Waals surface area contributed by atoms with Gasteiger partial charge < -0.3 is 10.1 Å². The van der Waals surface area contributed by atoms with E-state index < -0.39 is 16.9 Å². The zero-order valence-corrected chi connectivity index (χ0v) is 24.5. The van der Waals surface area contributed by atoms with Crippen LogP contribution in [0.4, 0.5) is 14.6 Å². The van der Waals surface area contributed by atoms with Gasteiger partial charge in [-0.1, -0.05) is 48.5 Å². The Morgan fingerprint density at radius 1 is 1.10 bits per heavy atom. The van der Waals surface area contributed by atoms with E-state index in [4.69, 9.17) is 9.84 Å². The van der Waals surface area contributed by atoms with Crippen LogP contribution in [0.25, 0.3) is 16.9 Å². The van der Waals surface area contributed by atoms with Crippen molar-refractivity contribution in [2.75, 3.05) is 37.5 Å². The predicted molar refractivity (Wildman–Crippen MR) is 161 cm³/mol. The Kier molecular flexibility index (Phi) is 9.03. The molecular weight excluding hydrogens is 558 g/mol. The van der Waals surface area contributed by atoms with Crippen LogP contribution in [0.15, 0.2) is 66.7 Å². The maximum Gasteiger partial charge on any atom is 0.240 e. The number of carbonyl (C=O) groups excluding carboxylic acids is 2. The molecule has 218 valence electrons. The van der Waals surface area contributed by atoms with Crippen LogP contribution in [0, 0.1) is 25.5 Å². The molecule has 1 atom stereocenters. The number of ether oxygens (including phenoxy) is 1. The quantitative estimate of drug-likeness (QED) is 0.251. The van der Waals surface area contributed by atoms with Crippen molar-refractivity contribution in [2.24, 2.45) is 0 Å². The number of anilines is 1. The van der Waals surface area contributed by atoms with Gasteiger partial charge in [-0.25, -0.2) is 13.5 Å². The number of fused-ring (bicyclic) bond motifs is 1. The number of hydrogen-bond acceptors (Lipinski definition) is 5. The largest absolute Gasteiger partial charge is 0.385 e. The summed E-state index contributed by atoms with van der Waals surface area (Å²) in [4.78, 5) is 28.4. The minimum Gasteiger partial charge on any atom is -0.385 e. The first-order valence-electron chi connectivity index (χ1n) is 13.7. The number of carbonyl (C=O) groups is 2. The standard InChI is InChI=1S/C32H32F2N4O3S/c1-20-9-7-12-26(21(20)2)38-32-29(30(36-38)22-10-5-4-6-11-22)31(24-14-13-23(33)17-25(24)34)42-19-28(40)37(32)18-27(39)35-15-8-16-41-3/h4-7,9-14,17,31H,8,15-16,18-19H2,1-3H3,(H,35,39). The van der Waals surface area contributed by atoms with Gasteiger partial charge in [0, 0.05) is 43.0 Å². The van der Waals surface area contributed by atoms with Gasteiger partial charge in [0.2, 0.25) is 11.8 Å². The Hall–Kier alpha value is -4.02. The fourth-order valence-corrected chi connectivity index (χ4v) is 6.28. The van der Waals surface area contributed by atoms with Gasteiger partial charge in [0.15, 0.2) is 0 Å². The average molecular weight is 591 g/mol. The summed E-state index contributed by atoms with van der Waals surface area (Å²) < 4.78 is 36.1. The highest BCUT2D eigenvalue weighted by Crippen LogP contribution is 2.49. The molecule has 0 fully saturated rings. The number of nitrogens with one attached hydrogen (secondary N) is 1. The minimum atomic E-state index is -0.714. The molecule has 1 aromatic heterocycles. The Bertz CT molecular complexity index is 1610. The monoisotopic (exact) mass is 590 g/mol. The lowest BCUT2D eigenvalue weighted by molar-refractivity contribution is -0.122. The molecule has 2 amide bonds. The molecule has 0 spiro atoms. The van der Waals surface area contributed by atoms with Crippen molar-refractivity contribution >= 4 is 29.4 Å². The van der Waals surface area contributed by atoms with E-state index in [-0.39, 0.29) is 29.7 Å². The van der Waals surface area contributed by atoms with E-state index in [0.717, 1.165) is 28.4 Å². The van der Waals surface area contributed by atoms with Gasteiger partial charge in [-0.05, 0) is 43.5 Å². The van der Waals surface area contributed by atoms with E-state index >= 15 is 4.39 Å². The fraction of sp³-hybridized carbons (Fsp3) is 0.281. The number of amides is 2. The van der Waals surface area contributed by atoms with Crippen LogP contribution in [-0.2, 0) is 14.3 Å². The third-order valence-corrected chi connectivity index (χ3v) is 8.57. The van der Waals surface area contributed by atoms with Gasteiger partial charge in [0.05, 0.1) is 22.4 Å². The first-order valence-corrected chi connectivity index (χ1v) is 14.7. The zero-order valence-electron chi connectivity index (χ0n) is 23.7. The van der Waals surface area contributed by atoms with Crippen LogP contribution in [0.5, 0.6) is 0 Å². The lowest BCUT2D eigenvalue weighted by Crippen LogP contribution is -2.42. The van der Waals surface area contributed by atoms with Crippen LogP contribution in [0.2, 0.25) is 0 Å². The molecule has 2 heterocycles. The highest BCUT2D eigenvalue weighted by Gasteiger charge is 2.38. The number of halogens is 2. The number of nitrogens with zero attached hydrogens (tertiary/aromatic N) is 3. The molecule has 1 unspecified atom stereocenters. The molecule has 3 aromatic carbocycles. The highest BCUT2D eigenvalue weighted by molar-refractivity contribution is 8.00. The lowest BCUT2D eigenvalue weighted by Gasteiger charge is -2.24. The summed E-state index contributed by atoms with van der Waals surface area (Å²) in [7, 11) is 1.59. The van der Waals surface area contributed by atoms with Crippen LogP contribution < -0.4 is 10.2 Å². The maximum absolute atomic E-state index is 15.4. The summed E-state index contributed by atoms with van der Waals surface area (Å²) in [6.45, 7) is 4.60. The van der Waals surface area contributed by atoms with E-state index in [1.54, 1.807) is 11.8 Å². The molecule has 0 saturated heterocycles. The van der Waals surface area contributed by atoms with Gasteiger partial charge >= 0.3 is 0 Å². The highest BCUT2D eigenvalue weighted by atomic mass is 32.2. The molecule has 4 aromatic rings. The van der Waals surface area contributed by atoms with Crippen molar-refractivity contribution < 1.29 is 23.1 Å². The molecule has 0 bridgehead atoms.